The van der Waals surface area contributed by atoms with Crippen molar-refractivity contribution in [3.05, 3.63) is 45.9 Å². The Morgan fingerprint density at radius 2 is 1.89 bits per heavy atom. The molecule has 0 saturated carbocycles. The SMILES string of the molecule is CCc1cnc(CCNC(=NC)NCCc2ccc(OCC(N)=O)cc2)s1.I. The monoisotopic (exact) mass is 517 g/mol. The molecule has 28 heavy (non-hydrogen) atoms. The quantitative estimate of drug-likeness (QED) is 0.255. The number of amides is 1. The highest BCUT2D eigenvalue weighted by Crippen LogP contribution is 2.13. The number of ether oxygens (including phenoxy) is 1. The fraction of sp³-hybridized carbons (Fsp3) is 0.421. The molecule has 0 bridgehead atoms. The van der Waals surface area contributed by atoms with E-state index in [9.17, 15) is 4.79 Å². The lowest BCUT2D eigenvalue weighted by atomic mass is 10.1. The predicted octanol–water partition coefficient (Wildman–Crippen LogP) is 2.14. The first-order chi connectivity index (χ1) is 13.1. The lowest BCUT2D eigenvalue weighted by Gasteiger charge is -2.11. The summed E-state index contributed by atoms with van der Waals surface area (Å²) in [5.41, 5.74) is 6.23. The second kappa shape index (κ2) is 13.3. The van der Waals surface area contributed by atoms with Gasteiger partial charge in [0.1, 0.15) is 5.75 Å². The van der Waals surface area contributed by atoms with Gasteiger partial charge in [-0.3, -0.25) is 9.79 Å². The molecule has 1 heterocycles. The summed E-state index contributed by atoms with van der Waals surface area (Å²) in [5, 5.41) is 7.76. The van der Waals surface area contributed by atoms with E-state index in [1.54, 1.807) is 18.4 Å². The summed E-state index contributed by atoms with van der Waals surface area (Å²) >= 11 is 1.77. The number of benzene rings is 1. The van der Waals surface area contributed by atoms with Crippen LogP contribution < -0.4 is 21.1 Å². The van der Waals surface area contributed by atoms with Crippen molar-refractivity contribution in [1.29, 1.82) is 0 Å². The molecule has 7 nitrogen and oxygen atoms in total. The van der Waals surface area contributed by atoms with E-state index in [2.05, 4.69) is 27.5 Å². The fourth-order valence-corrected chi connectivity index (χ4v) is 3.23. The number of carbonyl (C=O) groups is 1. The zero-order chi connectivity index (χ0) is 19.5. The predicted molar refractivity (Wildman–Crippen MR) is 125 cm³/mol. The molecule has 0 radical (unpaired) electrons. The molecular weight excluding hydrogens is 489 g/mol. The number of nitrogens with zero attached hydrogens (tertiary/aromatic N) is 2. The molecule has 0 spiro atoms. The maximum atomic E-state index is 10.7. The van der Waals surface area contributed by atoms with Gasteiger partial charge in [-0.2, -0.15) is 0 Å². The molecule has 2 aromatic rings. The smallest absolute Gasteiger partial charge is 0.255 e. The van der Waals surface area contributed by atoms with Crippen LogP contribution in [0.15, 0.2) is 35.5 Å². The van der Waals surface area contributed by atoms with Gasteiger partial charge in [0.25, 0.3) is 5.91 Å². The van der Waals surface area contributed by atoms with E-state index in [0.29, 0.717) is 5.75 Å². The molecule has 0 saturated heterocycles. The number of nitrogens with two attached hydrogens (primary N) is 1. The Bertz CT molecular complexity index is 749. The van der Waals surface area contributed by atoms with Crippen LogP contribution in [0.1, 0.15) is 22.4 Å². The van der Waals surface area contributed by atoms with Gasteiger partial charge in [0, 0.05) is 37.6 Å². The molecule has 0 aliphatic rings. The normalized spacial score (nSPS) is 10.9. The van der Waals surface area contributed by atoms with Crippen LogP contribution in [0.25, 0.3) is 0 Å². The topological polar surface area (TPSA) is 102 Å². The number of hydrogen-bond acceptors (Lipinski definition) is 5. The van der Waals surface area contributed by atoms with Gasteiger partial charge in [0.05, 0.1) is 5.01 Å². The number of primary amides is 1. The summed E-state index contributed by atoms with van der Waals surface area (Å²) in [5.74, 6) is 0.933. The van der Waals surface area contributed by atoms with Gasteiger partial charge in [-0.25, -0.2) is 4.98 Å². The minimum atomic E-state index is -0.483. The minimum absolute atomic E-state index is 0. The lowest BCUT2D eigenvalue weighted by molar-refractivity contribution is -0.119. The first-order valence-electron chi connectivity index (χ1n) is 8.98. The van der Waals surface area contributed by atoms with E-state index in [4.69, 9.17) is 10.5 Å². The molecule has 1 aromatic heterocycles. The number of nitrogens with one attached hydrogen (secondary N) is 2. The van der Waals surface area contributed by atoms with Crippen LogP contribution in [-0.2, 0) is 24.1 Å². The van der Waals surface area contributed by atoms with Crippen LogP contribution >= 0.6 is 35.3 Å². The summed E-state index contributed by atoms with van der Waals surface area (Å²) in [6.45, 7) is 3.59. The van der Waals surface area contributed by atoms with Crippen molar-refractivity contribution in [2.75, 3.05) is 26.7 Å². The Labute approximate surface area is 187 Å². The summed E-state index contributed by atoms with van der Waals surface area (Å²) in [4.78, 5) is 20.7. The number of carbonyl (C=O) groups excluding carboxylic acids is 1. The molecule has 2 rings (SSSR count). The maximum absolute atomic E-state index is 10.7. The number of guanidine groups is 1. The number of rotatable bonds is 10. The van der Waals surface area contributed by atoms with Crippen LogP contribution in [-0.4, -0.2) is 43.6 Å². The Kier molecular flexibility index (Phi) is 11.5. The van der Waals surface area contributed by atoms with Gasteiger partial charge in [-0.15, -0.1) is 35.3 Å². The Morgan fingerprint density at radius 3 is 2.46 bits per heavy atom. The summed E-state index contributed by atoms with van der Waals surface area (Å²) < 4.78 is 5.25. The highest BCUT2D eigenvalue weighted by atomic mass is 127. The van der Waals surface area contributed by atoms with Crippen LogP contribution in [0.4, 0.5) is 0 Å². The molecule has 4 N–H and O–H groups in total. The second-order valence-corrected chi connectivity index (χ2v) is 7.10. The van der Waals surface area contributed by atoms with E-state index in [-0.39, 0.29) is 30.6 Å². The molecule has 9 heteroatoms. The van der Waals surface area contributed by atoms with Gasteiger partial charge >= 0.3 is 0 Å². The molecule has 0 atom stereocenters. The van der Waals surface area contributed by atoms with E-state index in [1.165, 1.54) is 10.4 Å². The van der Waals surface area contributed by atoms with Gasteiger partial charge < -0.3 is 21.1 Å². The molecular formula is C19H28IN5O2S. The van der Waals surface area contributed by atoms with Gasteiger partial charge in [0.15, 0.2) is 12.6 Å². The molecule has 1 aromatic carbocycles. The second-order valence-electron chi connectivity index (χ2n) is 5.90. The summed E-state index contributed by atoms with van der Waals surface area (Å²) in [6, 6.07) is 7.62. The third-order valence-corrected chi connectivity index (χ3v) is 5.02. The number of aryl methyl sites for hydroxylation is 1. The average Bonchev–Trinajstić information content (AvgIpc) is 3.14. The van der Waals surface area contributed by atoms with Crippen molar-refractivity contribution in [2.24, 2.45) is 10.7 Å². The van der Waals surface area contributed by atoms with Crippen molar-refractivity contribution >= 4 is 47.2 Å². The number of hydrogen-bond donors (Lipinski definition) is 3. The van der Waals surface area contributed by atoms with Gasteiger partial charge in [0.2, 0.25) is 0 Å². The third kappa shape index (κ3) is 8.87. The molecule has 1 amide bonds. The summed E-state index contributed by atoms with van der Waals surface area (Å²) in [7, 11) is 1.76. The minimum Gasteiger partial charge on any atom is -0.484 e. The number of aromatic nitrogens is 1. The summed E-state index contributed by atoms with van der Waals surface area (Å²) in [6.07, 6.45) is 4.73. The van der Waals surface area contributed by atoms with Crippen LogP contribution in [0.5, 0.6) is 5.75 Å². The van der Waals surface area contributed by atoms with E-state index < -0.39 is 5.91 Å². The zero-order valence-corrected chi connectivity index (χ0v) is 19.4. The molecule has 154 valence electrons. The number of aliphatic imine (C=N–C) groups is 1. The van der Waals surface area contributed by atoms with Crippen molar-refractivity contribution in [3.8, 4) is 5.75 Å². The van der Waals surface area contributed by atoms with E-state index in [0.717, 1.165) is 43.3 Å². The Morgan fingerprint density at radius 1 is 1.21 bits per heavy atom. The highest BCUT2D eigenvalue weighted by Gasteiger charge is 2.03. The van der Waals surface area contributed by atoms with Crippen LogP contribution in [0.3, 0.4) is 0 Å². The molecule has 0 fully saturated rings. The zero-order valence-electron chi connectivity index (χ0n) is 16.2. The van der Waals surface area contributed by atoms with E-state index in [1.807, 2.05) is 30.5 Å². The standard InChI is InChI=1S/C19H27N5O2S.HI/c1-3-16-12-24-18(27-16)9-11-23-19(21-2)22-10-8-14-4-6-15(7-5-14)26-13-17(20)25;/h4-7,12H,3,8-11,13H2,1-2H3,(H2,20,25)(H2,21,22,23);1H. The van der Waals surface area contributed by atoms with Crippen molar-refractivity contribution in [2.45, 2.75) is 26.2 Å². The third-order valence-electron chi connectivity index (χ3n) is 3.82. The lowest BCUT2D eigenvalue weighted by Crippen LogP contribution is -2.39. The molecule has 0 aliphatic heterocycles. The average molecular weight is 517 g/mol. The van der Waals surface area contributed by atoms with Crippen molar-refractivity contribution in [3.63, 3.8) is 0 Å². The molecule has 0 aliphatic carbocycles. The Hall–Kier alpha value is -1.88. The first kappa shape index (κ1) is 24.2. The number of halogens is 1. The van der Waals surface area contributed by atoms with Crippen molar-refractivity contribution in [1.82, 2.24) is 15.6 Å². The van der Waals surface area contributed by atoms with Crippen molar-refractivity contribution < 1.29 is 9.53 Å². The fourth-order valence-electron chi connectivity index (χ4n) is 2.37. The van der Waals surface area contributed by atoms with Gasteiger partial charge in [-0.1, -0.05) is 19.1 Å². The van der Waals surface area contributed by atoms with Crippen LogP contribution in [0.2, 0.25) is 0 Å². The first-order valence-corrected chi connectivity index (χ1v) is 9.80. The van der Waals surface area contributed by atoms with Gasteiger partial charge in [-0.05, 0) is 30.5 Å². The Balaban J connectivity index is 0.00000392. The highest BCUT2D eigenvalue weighted by molar-refractivity contribution is 14.0. The maximum Gasteiger partial charge on any atom is 0.255 e. The number of thiazole rings is 1. The van der Waals surface area contributed by atoms with Crippen LogP contribution in [0, 0.1) is 0 Å². The van der Waals surface area contributed by atoms with E-state index >= 15 is 0 Å². The molecule has 0 unspecified atom stereocenters. The largest absolute Gasteiger partial charge is 0.484 e.